The van der Waals surface area contributed by atoms with Crippen LogP contribution in [0.4, 0.5) is 0 Å². The van der Waals surface area contributed by atoms with Crippen molar-refractivity contribution in [1.29, 1.82) is 0 Å². The molecule has 0 aliphatic rings. The normalized spacial score (nSPS) is 11.2. The van der Waals surface area contributed by atoms with E-state index in [9.17, 15) is 4.79 Å². The molecule has 0 unspecified atom stereocenters. The quantitative estimate of drug-likeness (QED) is 0.560. The van der Waals surface area contributed by atoms with Crippen LogP contribution >= 0.6 is 11.3 Å². The van der Waals surface area contributed by atoms with Crippen LogP contribution in [0.1, 0.15) is 35.6 Å². The lowest BCUT2D eigenvalue weighted by atomic mass is 10.2. The number of carbonyl (C=O) groups is 1. The van der Waals surface area contributed by atoms with Gasteiger partial charge in [0.25, 0.3) is 5.91 Å². The monoisotopic (exact) mass is 412 g/mol. The Kier molecular flexibility index (Phi) is 6.82. The number of aryl methyl sites for hydroxylation is 1. The summed E-state index contributed by atoms with van der Waals surface area (Å²) >= 11 is 1.59. The summed E-state index contributed by atoms with van der Waals surface area (Å²) < 4.78 is 7.22. The fraction of sp³-hybridized carbons (Fsp3) is 0.409. The van der Waals surface area contributed by atoms with Crippen molar-refractivity contribution in [2.45, 2.75) is 34.2 Å². The molecule has 0 saturated heterocycles. The van der Waals surface area contributed by atoms with Gasteiger partial charge in [0.05, 0.1) is 23.6 Å². The number of aromatic nitrogens is 3. The van der Waals surface area contributed by atoms with Gasteiger partial charge >= 0.3 is 0 Å². The van der Waals surface area contributed by atoms with Gasteiger partial charge in [0, 0.05) is 48.7 Å². The van der Waals surface area contributed by atoms with Crippen molar-refractivity contribution in [2.24, 2.45) is 5.92 Å². The molecule has 0 spiro atoms. The van der Waals surface area contributed by atoms with Gasteiger partial charge in [-0.15, -0.1) is 11.3 Å². The number of nitrogens with one attached hydrogen (secondary N) is 1. The summed E-state index contributed by atoms with van der Waals surface area (Å²) in [5, 5.41) is 5.89. The number of hydrogen-bond acceptors (Lipinski definition) is 5. The number of pyridine rings is 1. The van der Waals surface area contributed by atoms with E-state index in [1.807, 2.05) is 43.6 Å². The fourth-order valence-electron chi connectivity index (χ4n) is 3.17. The number of ether oxygens (including phenoxy) is 1. The van der Waals surface area contributed by atoms with Crippen molar-refractivity contribution < 1.29 is 9.53 Å². The molecule has 3 rings (SSSR count). The number of rotatable bonds is 8. The second-order valence-corrected chi connectivity index (χ2v) is 8.37. The van der Waals surface area contributed by atoms with Crippen molar-refractivity contribution in [3.05, 3.63) is 46.7 Å². The maximum Gasteiger partial charge on any atom is 0.253 e. The third kappa shape index (κ3) is 4.92. The molecule has 0 bridgehead atoms. The summed E-state index contributed by atoms with van der Waals surface area (Å²) in [5.41, 5.74) is 5.47. The SMILES string of the molecule is COCCNC(=O)c1cc(-c2csc(-c3ccc(C)nc3)n2)n(CC(C)C)c1C. The number of amides is 1. The highest BCUT2D eigenvalue weighted by Gasteiger charge is 2.20. The van der Waals surface area contributed by atoms with Gasteiger partial charge in [0.1, 0.15) is 5.01 Å². The molecule has 0 saturated carbocycles. The Morgan fingerprint density at radius 2 is 2.10 bits per heavy atom. The summed E-state index contributed by atoms with van der Waals surface area (Å²) in [6.45, 7) is 10.1. The van der Waals surface area contributed by atoms with Crippen LogP contribution in [-0.4, -0.2) is 40.7 Å². The largest absolute Gasteiger partial charge is 0.383 e. The molecule has 29 heavy (non-hydrogen) atoms. The van der Waals surface area contributed by atoms with Crippen molar-refractivity contribution in [3.8, 4) is 22.0 Å². The van der Waals surface area contributed by atoms with Crippen LogP contribution in [0.15, 0.2) is 29.8 Å². The predicted octanol–water partition coefficient (Wildman–Crippen LogP) is 4.32. The van der Waals surface area contributed by atoms with Crippen molar-refractivity contribution in [3.63, 3.8) is 0 Å². The minimum absolute atomic E-state index is 0.0820. The van der Waals surface area contributed by atoms with E-state index in [4.69, 9.17) is 9.72 Å². The third-order valence-electron chi connectivity index (χ3n) is 4.68. The van der Waals surface area contributed by atoms with Gasteiger partial charge < -0.3 is 14.6 Å². The zero-order chi connectivity index (χ0) is 21.0. The molecular formula is C22H28N4O2S. The first-order valence-electron chi connectivity index (χ1n) is 9.77. The molecule has 0 aliphatic carbocycles. The van der Waals surface area contributed by atoms with Gasteiger partial charge in [0.2, 0.25) is 0 Å². The summed E-state index contributed by atoms with van der Waals surface area (Å²) in [4.78, 5) is 21.9. The smallest absolute Gasteiger partial charge is 0.253 e. The molecule has 3 heterocycles. The molecule has 0 aromatic carbocycles. The number of hydrogen-bond donors (Lipinski definition) is 1. The van der Waals surface area contributed by atoms with Crippen LogP contribution in [0.5, 0.6) is 0 Å². The first-order valence-corrected chi connectivity index (χ1v) is 10.6. The molecule has 3 aromatic rings. The molecule has 1 amide bonds. The van der Waals surface area contributed by atoms with Gasteiger partial charge in [0.15, 0.2) is 0 Å². The third-order valence-corrected chi connectivity index (χ3v) is 5.57. The average Bonchev–Trinajstić information content (AvgIpc) is 3.28. The zero-order valence-corrected chi connectivity index (χ0v) is 18.5. The summed E-state index contributed by atoms with van der Waals surface area (Å²) in [5.74, 6) is 0.366. The summed E-state index contributed by atoms with van der Waals surface area (Å²) in [6.07, 6.45) is 1.85. The molecule has 154 valence electrons. The highest BCUT2D eigenvalue weighted by Crippen LogP contribution is 2.31. The van der Waals surface area contributed by atoms with Gasteiger partial charge in [-0.2, -0.15) is 0 Å². The molecule has 1 N–H and O–H groups in total. The lowest BCUT2D eigenvalue weighted by Gasteiger charge is -2.13. The second kappa shape index (κ2) is 9.33. The van der Waals surface area contributed by atoms with E-state index < -0.39 is 0 Å². The number of carbonyl (C=O) groups excluding carboxylic acids is 1. The van der Waals surface area contributed by atoms with Crippen molar-refractivity contribution in [2.75, 3.05) is 20.3 Å². The van der Waals surface area contributed by atoms with E-state index in [1.54, 1.807) is 18.4 Å². The Bertz CT molecular complexity index is 973. The molecule has 0 radical (unpaired) electrons. The average molecular weight is 413 g/mol. The Morgan fingerprint density at radius 3 is 2.76 bits per heavy atom. The summed E-state index contributed by atoms with van der Waals surface area (Å²) in [6, 6.07) is 5.98. The van der Waals surface area contributed by atoms with E-state index in [-0.39, 0.29) is 5.91 Å². The Labute approximate surface area is 176 Å². The second-order valence-electron chi connectivity index (χ2n) is 7.51. The van der Waals surface area contributed by atoms with Crippen LogP contribution < -0.4 is 5.32 Å². The summed E-state index contributed by atoms with van der Waals surface area (Å²) in [7, 11) is 1.62. The van der Waals surface area contributed by atoms with Gasteiger partial charge in [-0.05, 0) is 38.0 Å². The molecule has 7 heteroatoms. The maximum absolute atomic E-state index is 12.7. The van der Waals surface area contributed by atoms with E-state index >= 15 is 0 Å². The molecule has 3 aromatic heterocycles. The zero-order valence-electron chi connectivity index (χ0n) is 17.7. The lowest BCUT2D eigenvalue weighted by Crippen LogP contribution is -2.27. The van der Waals surface area contributed by atoms with Gasteiger partial charge in [-0.1, -0.05) is 13.8 Å². The van der Waals surface area contributed by atoms with Crippen LogP contribution in [0.25, 0.3) is 22.0 Å². The van der Waals surface area contributed by atoms with Crippen LogP contribution in [0.2, 0.25) is 0 Å². The van der Waals surface area contributed by atoms with E-state index in [0.717, 1.165) is 39.9 Å². The van der Waals surface area contributed by atoms with Crippen molar-refractivity contribution >= 4 is 17.2 Å². The molecule has 0 aliphatic heterocycles. The highest BCUT2D eigenvalue weighted by atomic mass is 32.1. The predicted molar refractivity (Wildman–Crippen MR) is 117 cm³/mol. The van der Waals surface area contributed by atoms with E-state index in [0.29, 0.717) is 24.6 Å². The van der Waals surface area contributed by atoms with Crippen LogP contribution in [0.3, 0.4) is 0 Å². The van der Waals surface area contributed by atoms with Gasteiger partial charge in [-0.25, -0.2) is 4.98 Å². The topological polar surface area (TPSA) is 69.0 Å². The molecule has 0 fully saturated rings. The first-order chi connectivity index (χ1) is 13.9. The van der Waals surface area contributed by atoms with Gasteiger partial charge in [-0.3, -0.25) is 9.78 Å². The standard InChI is InChI=1S/C22H28N4O2S/c1-14(2)12-26-16(4)18(21(27)23-8-9-28-5)10-20(26)19-13-29-22(25-19)17-7-6-15(3)24-11-17/h6-7,10-11,13-14H,8-9,12H2,1-5H3,(H,23,27). The molecular weight excluding hydrogens is 384 g/mol. The van der Waals surface area contributed by atoms with E-state index in [2.05, 4.69) is 28.7 Å². The highest BCUT2D eigenvalue weighted by molar-refractivity contribution is 7.13. The minimum Gasteiger partial charge on any atom is -0.383 e. The Morgan fingerprint density at radius 1 is 1.31 bits per heavy atom. The Balaban J connectivity index is 1.96. The lowest BCUT2D eigenvalue weighted by molar-refractivity contribution is 0.0936. The Hall–Kier alpha value is -2.51. The number of methoxy groups -OCH3 is 1. The number of thiazole rings is 1. The fourth-order valence-corrected chi connectivity index (χ4v) is 3.97. The van der Waals surface area contributed by atoms with E-state index in [1.165, 1.54) is 0 Å². The van der Waals surface area contributed by atoms with Crippen LogP contribution in [-0.2, 0) is 11.3 Å². The molecule has 6 nitrogen and oxygen atoms in total. The molecule has 0 atom stereocenters. The first kappa shape index (κ1) is 21.2. The van der Waals surface area contributed by atoms with Crippen LogP contribution in [0, 0.1) is 19.8 Å². The number of nitrogens with zero attached hydrogens (tertiary/aromatic N) is 3. The van der Waals surface area contributed by atoms with Crippen molar-refractivity contribution in [1.82, 2.24) is 19.9 Å². The maximum atomic E-state index is 12.7. The minimum atomic E-state index is -0.0820.